The van der Waals surface area contributed by atoms with Gasteiger partial charge in [-0.2, -0.15) is 0 Å². The molecule has 0 bridgehead atoms. The molecule has 0 radical (unpaired) electrons. The highest BCUT2D eigenvalue weighted by atomic mass is 16.2. The van der Waals surface area contributed by atoms with E-state index in [1.165, 1.54) is 6.07 Å². The molecule has 2 N–H and O–H groups in total. The quantitative estimate of drug-likeness (QED) is 0.653. The number of nitrogens with one attached hydrogen (secondary N) is 2. The minimum atomic E-state index is -0.738. The number of carbonyl (C=O) groups is 3. The first-order valence-electron chi connectivity index (χ1n) is 7.73. The maximum absolute atomic E-state index is 12.4. The lowest BCUT2D eigenvalue weighted by atomic mass is 10.1. The highest BCUT2D eigenvalue weighted by Crippen LogP contribution is 2.18. The maximum atomic E-state index is 12.4. The number of rotatable bonds is 5. The Balaban J connectivity index is 2.22. The average Bonchev–Trinajstić information content (AvgIpc) is 2.53. The molecular weight excluding hydrogens is 304 g/mol. The predicted octanol–water partition coefficient (Wildman–Crippen LogP) is 3.47. The topological polar surface area (TPSA) is 75.3 Å². The number of hydrogen-bond acceptors (Lipinski definition) is 3. The fourth-order valence-electron chi connectivity index (χ4n) is 2.39. The standard InChI is InChI=1S/C19H20N2O3/c1-4-17(22)21-16-8-6-5-7-15(16)18(23)19(24)20-14-10-12(2)9-13(3)11-14/h5-11H,4H2,1-3H3,(H,20,24)(H,21,22). The molecule has 0 saturated heterocycles. The monoisotopic (exact) mass is 324 g/mol. The van der Waals surface area contributed by atoms with Crippen molar-refractivity contribution in [1.82, 2.24) is 0 Å². The summed E-state index contributed by atoms with van der Waals surface area (Å²) in [6.45, 7) is 5.55. The van der Waals surface area contributed by atoms with E-state index < -0.39 is 11.7 Å². The molecule has 5 nitrogen and oxygen atoms in total. The van der Waals surface area contributed by atoms with Crippen molar-refractivity contribution in [2.45, 2.75) is 27.2 Å². The molecule has 0 heterocycles. The lowest BCUT2D eigenvalue weighted by Gasteiger charge is -2.10. The SMILES string of the molecule is CCC(=O)Nc1ccccc1C(=O)C(=O)Nc1cc(C)cc(C)c1. The number of aryl methyl sites for hydroxylation is 2. The van der Waals surface area contributed by atoms with Gasteiger partial charge in [0.15, 0.2) is 0 Å². The molecule has 0 spiro atoms. The number of anilines is 2. The van der Waals surface area contributed by atoms with Gasteiger partial charge < -0.3 is 10.6 Å². The highest BCUT2D eigenvalue weighted by Gasteiger charge is 2.20. The molecule has 0 aliphatic rings. The summed E-state index contributed by atoms with van der Waals surface area (Å²) in [4.78, 5) is 36.3. The van der Waals surface area contributed by atoms with Gasteiger partial charge in [-0.25, -0.2) is 0 Å². The van der Waals surface area contributed by atoms with Gasteiger partial charge in [0, 0.05) is 12.1 Å². The van der Waals surface area contributed by atoms with E-state index >= 15 is 0 Å². The van der Waals surface area contributed by atoms with Crippen molar-refractivity contribution in [3.05, 3.63) is 59.2 Å². The zero-order valence-electron chi connectivity index (χ0n) is 14.0. The van der Waals surface area contributed by atoms with Gasteiger partial charge in [0.1, 0.15) is 0 Å². The number of benzene rings is 2. The second-order valence-electron chi connectivity index (χ2n) is 5.61. The molecule has 24 heavy (non-hydrogen) atoms. The van der Waals surface area contributed by atoms with Gasteiger partial charge in [-0.05, 0) is 49.2 Å². The van der Waals surface area contributed by atoms with Crippen LogP contribution >= 0.6 is 0 Å². The summed E-state index contributed by atoms with van der Waals surface area (Å²) in [7, 11) is 0. The zero-order valence-corrected chi connectivity index (χ0v) is 14.0. The van der Waals surface area contributed by atoms with Gasteiger partial charge in [-0.1, -0.05) is 25.1 Å². The summed E-state index contributed by atoms with van der Waals surface area (Å²) in [5.74, 6) is -1.65. The van der Waals surface area contributed by atoms with Crippen LogP contribution in [0.2, 0.25) is 0 Å². The number of ketones is 1. The van der Waals surface area contributed by atoms with Gasteiger partial charge in [0.05, 0.1) is 11.3 Å². The Bertz CT molecular complexity index is 777. The van der Waals surface area contributed by atoms with Crippen LogP contribution in [0.4, 0.5) is 11.4 Å². The first kappa shape index (κ1) is 17.4. The normalized spacial score (nSPS) is 10.1. The summed E-state index contributed by atoms with van der Waals surface area (Å²) >= 11 is 0. The van der Waals surface area contributed by atoms with Gasteiger partial charge in [0.25, 0.3) is 11.7 Å². The summed E-state index contributed by atoms with van der Waals surface area (Å²) in [6, 6.07) is 12.0. The second-order valence-corrected chi connectivity index (χ2v) is 5.61. The van der Waals surface area contributed by atoms with E-state index in [-0.39, 0.29) is 17.9 Å². The third-order valence-electron chi connectivity index (χ3n) is 3.45. The van der Waals surface area contributed by atoms with Crippen LogP contribution in [0, 0.1) is 13.8 Å². The zero-order chi connectivity index (χ0) is 17.7. The Morgan fingerprint density at radius 3 is 2.17 bits per heavy atom. The van der Waals surface area contributed by atoms with Crippen molar-refractivity contribution in [1.29, 1.82) is 0 Å². The third kappa shape index (κ3) is 4.29. The van der Waals surface area contributed by atoms with Gasteiger partial charge in [-0.3, -0.25) is 14.4 Å². The predicted molar refractivity (Wildman–Crippen MR) is 94.2 cm³/mol. The fourth-order valence-corrected chi connectivity index (χ4v) is 2.39. The van der Waals surface area contributed by atoms with Crippen LogP contribution < -0.4 is 10.6 Å². The van der Waals surface area contributed by atoms with Gasteiger partial charge >= 0.3 is 0 Å². The number of Topliss-reactive ketones (excluding diaryl/α,β-unsaturated/α-hetero) is 1. The fraction of sp³-hybridized carbons (Fsp3) is 0.211. The smallest absolute Gasteiger partial charge is 0.296 e. The molecule has 0 atom stereocenters. The second kappa shape index (κ2) is 7.55. The number of para-hydroxylation sites is 1. The van der Waals surface area contributed by atoms with Crippen molar-refractivity contribution >= 4 is 29.0 Å². The van der Waals surface area contributed by atoms with E-state index in [0.29, 0.717) is 11.4 Å². The number of hydrogen-bond donors (Lipinski definition) is 2. The van der Waals surface area contributed by atoms with Crippen molar-refractivity contribution in [2.75, 3.05) is 10.6 Å². The van der Waals surface area contributed by atoms with Crippen LogP contribution in [0.3, 0.4) is 0 Å². The van der Waals surface area contributed by atoms with E-state index in [2.05, 4.69) is 10.6 Å². The first-order chi connectivity index (χ1) is 11.4. The Labute approximate surface area is 141 Å². The molecule has 124 valence electrons. The van der Waals surface area contributed by atoms with Gasteiger partial charge in [0.2, 0.25) is 5.91 Å². The van der Waals surface area contributed by atoms with Crippen LogP contribution in [0.1, 0.15) is 34.8 Å². The van der Waals surface area contributed by atoms with E-state index in [9.17, 15) is 14.4 Å². The summed E-state index contributed by atoms with van der Waals surface area (Å²) < 4.78 is 0. The Morgan fingerprint density at radius 2 is 1.54 bits per heavy atom. The molecule has 2 aromatic rings. The molecule has 0 aliphatic carbocycles. The minimum Gasteiger partial charge on any atom is -0.325 e. The summed E-state index contributed by atoms with van der Waals surface area (Å²) in [6.07, 6.45) is 0.289. The van der Waals surface area contributed by atoms with Crippen LogP contribution in [0.15, 0.2) is 42.5 Å². The van der Waals surface area contributed by atoms with Crippen molar-refractivity contribution in [2.24, 2.45) is 0 Å². The van der Waals surface area contributed by atoms with E-state index in [1.807, 2.05) is 19.9 Å². The molecule has 0 aliphatic heterocycles. The number of amides is 2. The Kier molecular flexibility index (Phi) is 5.47. The molecule has 0 saturated carbocycles. The largest absolute Gasteiger partial charge is 0.325 e. The van der Waals surface area contributed by atoms with E-state index in [4.69, 9.17) is 0 Å². The van der Waals surface area contributed by atoms with Gasteiger partial charge in [-0.15, -0.1) is 0 Å². The van der Waals surface area contributed by atoms with E-state index in [0.717, 1.165) is 11.1 Å². The third-order valence-corrected chi connectivity index (χ3v) is 3.45. The molecule has 2 amide bonds. The van der Waals surface area contributed by atoms with Crippen molar-refractivity contribution in [3.63, 3.8) is 0 Å². The first-order valence-corrected chi connectivity index (χ1v) is 7.73. The molecular formula is C19H20N2O3. The molecule has 0 fully saturated rings. The lowest BCUT2D eigenvalue weighted by Crippen LogP contribution is -2.24. The van der Waals surface area contributed by atoms with E-state index in [1.54, 1.807) is 37.3 Å². The molecule has 5 heteroatoms. The van der Waals surface area contributed by atoms with Crippen molar-refractivity contribution in [3.8, 4) is 0 Å². The average molecular weight is 324 g/mol. The molecule has 0 aromatic heterocycles. The van der Waals surface area contributed by atoms with Crippen LogP contribution in [0.25, 0.3) is 0 Å². The van der Waals surface area contributed by atoms with Crippen LogP contribution in [0.5, 0.6) is 0 Å². The molecule has 0 unspecified atom stereocenters. The Hall–Kier alpha value is -2.95. The lowest BCUT2D eigenvalue weighted by molar-refractivity contribution is -0.116. The van der Waals surface area contributed by atoms with Crippen molar-refractivity contribution < 1.29 is 14.4 Å². The Morgan fingerprint density at radius 1 is 0.917 bits per heavy atom. The molecule has 2 rings (SSSR count). The molecule has 2 aromatic carbocycles. The van der Waals surface area contributed by atoms with Crippen LogP contribution in [-0.2, 0) is 9.59 Å². The highest BCUT2D eigenvalue weighted by molar-refractivity contribution is 6.47. The van der Waals surface area contributed by atoms with Crippen LogP contribution in [-0.4, -0.2) is 17.6 Å². The minimum absolute atomic E-state index is 0.168. The maximum Gasteiger partial charge on any atom is 0.296 e. The number of carbonyl (C=O) groups excluding carboxylic acids is 3. The summed E-state index contributed by atoms with van der Waals surface area (Å²) in [5, 5.41) is 5.25. The summed E-state index contributed by atoms with van der Waals surface area (Å²) in [5.41, 5.74) is 3.06.